The van der Waals surface area contributed by atoms with E-state index in [-0.39, 0.29) is 10.5 Å². The summed E-state index contributed by atoms with van der Waals surface area (Å²) in [6, 6.07) is 26.3. The van der Waals surface area contributed by atoms with Crippen molar-refractivity contribution in [1.82, 2.24) is 5.32 Å². The van der Waals surface area contributed by atoms with Crippen LogP contribution in [0.3, 0.4) is 0 Å². The fourth-order valence-electron chi connectivity index (χ4n) is 4.46. The van der Waals surface area contributed by atoms with Gasteiger partial charge in [0, 0.05) is 30.8 Å². The van der Waals surface area contributed by atoms with E-state index in [9.17, 15) is 8.42 Å². The second-order valence-electron chi connectivity index (χ2n) is 9.62. The third-order valence-electron chi connectivity index (χ3n) is 6.13. The van der Waals surface area contributed by atoms with Gasteiger partial charge in [0.25, 0.3) is 10.0 Å². The summed E-state index contributed by atoms with van der Waals surface area (Å²) in [6.45, 7) is 5.88. The van der Waals surface area contributed by atoms with Crippen LogP contribution in [0.25, 0.3) is 10.8 Å². The summed E-state index contributed by atoms with van der Waals surface area (Å²) in [5, 5.41) is 5.24. The molecule has 0 fully saturated rings. The molecule has 6 nitrogen and oxygen atoms in total. The van der Waals surface area contributed by atoms with Crippen LogP contribution in [0, 0.1) is 0 Å². The number of ether oxygens (including phenoxy) is 2. The van der Waals surface area contributed by atoms with Gasteiger partial charge in [0.1, 0.15) is 12.2 Å². The maximum atomic E-state index is 13.0. The summed E-state index contributed by atoms with van der Waals surface area (Å²) >= 11 is 0. The average molecular weight is 503 g/mol. The van der Waals surface area contributed by atoms with Gasteiger partial charge in [0.05, 0.1) is 4.90 Å². The topological polar surface area (TPSA) is 76.7 Å². The largest absolute Gasteiger partial charge is 0.488 e. The van der Waals surface area contributed by atoms with E-state index < -0.39 is 10.0 Å². The minimum absolute atomic E-state index is 0.207. The molecule has 0 saturated carbocycles. The monoisotopic (exact) mass is 502 g/mol. The maximum Gasteiger partial charge on any atom is 0.261 e. The molecule has 1 heterocycles. The van der Waals surface area contributed by atoms with Crippen molar-refractivity contribution in [3.8, 4) is 11.5 Å². The van der Waals surface area contributed by atoms with Gasteiger partial charge in [0.2, 0.25) is 0 Å². The lowest BCUT2D eigenvalue weighted by molar-refractivity contribution is 0.132. The van der Waals surface area contributed by atoms with Gasteiger partial charge in [-0.2, -0.15) is 0 Å². The molecule has 7 heteroatoms. The van der Waals surface area contributed by atoms with E-state index in [1.807, 2.05) is 60.7 Å². The third kappa shape index (κ3) is 5.48. The predicted octanol–water partition coefficient (Wildman–Crippen LogP) is 5.52. The zero-order valence-corrected chi connectivity index (χ0v) is 21.3. The molecule has 4 aromatic rings. The first-order valence-electron chi connectivity index (χ1n) is 12.0. The Morgan fingerprint density at radius 1 is 0.917 bits per heavy atom. The van der Waals surface area contributed by atoms with Gasteiger partial charge in [-0.3, -0.25) is 4.72 Å². The van der Waals surface area contributed by atoms with Gasteiger partial charge >= 0.3 is 0 Å². The van der Waals surface area contributed by atoms with E-state index in [2.05, 4.69) is 30.0 Å². The maximum absolute atomic E-state index is 13.0. The van der Waals surface area contributed by atoms with Crippen molar-refractivity contribution in [2.45, 2.75) is 37.3 Å². The first kappa shape index (κ1) is 24.2. The number of rotatable bonds is 9. The molecule has 0 spiro atoms. The molecular formula is C29H30N2O4S. The van der Waals surface area contributed by atoms with E-state index in [1.165, 1.54) is 5.56 Å². The van der Waals surface area contributed by atoms with Crippen LogP contribution in [-0.4, -0.2) is 27.2 Å². The quantitative estimate of drug-likeness (QED) is 0.295. The summed E-state index contributed by atoms with van der Waals surface area (Å²) < 4.78 is 40.6. The van der Waals surface area contributed by atoms with E-state index in [1.54, 1.807) is 18.2 Å². The van der Waals surface area contributed by atoms with Gasteiger partial charge in [-0.15, -0.1) is 0 Å². The van der Waals surface area contributed by atoms with Crippen molar-refractivity contribution in [3.63, 3.8) is 0 Å². The summed E-state index contributed by atoms with van der Waals surface area (Å²) in [5.41, 5.74) is 2.46. The first-order valence-corrected chi connectivity index (χ1v) is 13.5. The van der Waals surface area contributed by atoms with Crippen LogP contribution in [0.15, 0.2) is 89.8 Å². The number of nitrogens with one attached hydrogen (secondary N) is 2. The molecule has 1 aliphatic rings. The molecular weight excluding hydrogens is 472 g/mol. The highest BCUT2D eigenvalue weighted by atomic mass is 32.2. The van der Waals surface area contributed by atoms with Gasteiger partial charge in [0.15, 0.2) is 11.5 Å². The van der Waals surface area contributed by atoms with Crippen molar-refractivity contribution >= 4 is 26.5 Å². The Balaban J connectivity index is 1.15. The number of benzene rings is 4. The summed E-state index contributed by atoms with van der Waals surface area (Å²) in [5.74, 6) is 1.61. The highest BCUT2D eigenvalue weighted by molar-refractivity contribution is 7.92. The molecule has 36 heavy (non-hydrogen) atoms. The molecule has 0 saturated heterocycles. The third-order valence-corrected chi connectivity index (χ3v) is 7.51. The number of sulfonamides is 1. The second kappa shape index (κ2) is 9.84. The molecule has 0 atom stereocenters. The molecule has 0 unspecified atom stereocenters. The van der Waals surface area contributed by atoms with Gasteiger partial charge in [-0.1, -0.05) is 54.6 Å². The lowest BCUT2D eigenvalue weighted by atomic mass is 10.0. The predicted molar refractivity (Wildman–Crippen MR) is 143 cm³/mol. The Labute approximate surface area is 212 Å². The Morgan fingerprint density at radius 3 is 2.58 bits per heavy atom. The molecule has 0 amide bonds. The number of para-hydroxylation sites is 1. The molecule has 1 aliphatic heterocycles. The lowest BCUT2D eigenvalue weighted by Gasteiger charge is -2.18. The Bertz CT molecular complexity index is 1500. The number of fused-ring (bicyclic) bond motifs is 2. The fraction of sp³-hybridized carbons (Fsp3) is 0.241. The molecule has 2 N–H and O–H groups in total. The second-order valence-corrected chi connectivity index (χ2v) is 11.3. The Hall–Kier alpha value is -3.55. The number of hydrogen-bond acceptors (Lipinski definition) is 5. The summed E-state index contributed by atoms with van der Waals surface area (Å²) in [6.07, 6.45) is 0.874. The van der Waals surface area contributed by atoms with E-state index >= 15 is 0 Å². The van der Waals surface area contributed by atoms with Crippen LogP contribution in [0.5, 0.6) is 11.5 Å². The van der Waals surface area contributed by atoms with Crippen molar-refractivity contribution in [1.29, 1.82) is 0 Å². The van der Waals surface area contributed by atoms with Crippen molar-refractivity contribution in [2.75, 3.05) is 17.9 Å². The van der Waals surface area contributed by atoms with Gasteiger partial charge in [-0.05, 0) is 60.5 Å². The summed E-state index contributed by atoms with van der Waals surface area (Å²) in [4.78, 5) is 0.238. The normalized spacial score (nSPS) is 14.3. The SMILES string of the molecule is CC1(C)Cc2cccc(OCCNCc3cccc(NS(=O)(=O)c4ccc5ccccc5c4)c3)c2O1. The molecule has 0 radical (unpaired) electrons. The Kier molecular flexibility index (Phi) is 6.60. The van der Waals surface area contributed by atoms with E-state index in [0.29, 0.717) is 25.4 Å². The minimum Gasteiger partial charge on any atom is -0.488 e. The molecule has 0 bridgehead atoms. The van der Waals surface area contributed by atoms with Crippen molar-refractivity contribution < 1.29 is 17.9 Å². The first-order chi connectivity index (χ1) is 17.3. The number of hydrogen-bond donors (Lipinski definition) is 2. The zero-order valence-electron chi connectivity index (χ0n) is 20.5. The zero-order chi connectivity index (χ0) is 25.2. The standard InChI is InChI=1S/C29H30N2O4S/c1-29(2)19-24-10-6-12-27(28(24)35-29)34-16-15-30-20-21-7-5-11-25(17-21)31-36(32,33)26-14-13-22-8-3-4-9-23(22)18-26/h3-14,17-18,30-31H,15-16,19-20H2,1-2H3. The van der Waals surface area contributed by atoms with Gasteiger partial charge < -0.3 is 14.8 Å². The summed E-state index contributed by atoms with van der Waals surface area (Å²) in [7, 11) is -3.70. The molecule has 186 valence electrons. The van der Waals surface area contributed by atoms with E-state index in [4.69, 9.17) is 9.47 Å². The molecule has 5 rings (SSSR count). The smallest absolute Gasteiger partial charge is 0.261 e. The van der Waals surface area contributed by atoms with Gasteiger partial charge in [-0.25, -0.2) is 8.42 Å². The number of anilines is 1. The van der Waals surface area contributed by atoms with Crippen LogP contribution in [0.2, 0.25) is 0 Å². The van der Waals surface area contributed by atoms with Crippen LogP contribution < -0.4 is 19.5 Å². The Morgan fingerprint density at radius 2 is 1.72 bits per heavy atom. The molecule has 0 aliphatic carbocycles. The highest BCUT2D eigenvalue weighted by Crippen LogP contribution is 2.41. The lowest BCUT2D eigenvalue weighted by Crippen LogP contribution is -2.25. The fourth-order valence-corrected chi connectivity index (χ4v) is 5.54. The van der Waals surface area contributed by atoms with Crippen LogP contribution in [-0.2, 0) is 23.0 Å². The van der Waals surface area contributed by atoms with E-state index in [0.717, 1.165) is 34.3 Å². The van der Waals surface area contributed by atoms with Crippen molar-refractivity contribution in [2.24, 2.45) is 0 Å². The van der Waals surface area contributed by atoms with Crippen LogP contribution in [0.4, 0.5) is 5.69 Å². The van der Waals surface area contributed by atoms with Crippen LogP contribution >= 0.6 is 0 Å². The molecule has 4 aromatic carbocycles. The average Bonchev–Trinajstić information content (AvgIpc) is 3.18. The molecule has 0 aromatic heterocycles. The highest BCUT2D eigenvalue weighted by Gasteiger charge is 2.32. The minimum atomic E-state index is -3.70. The van der Waals surface area contributed by atoms with Crippen LogP contribution in [0.1, 0.15) is 25.0 Å². The van der Waals surface area contributed by atoms with Crippen molar-refractivity contribution in [3.05, 3.63) is 96.1 Å².